The van der Waals surface area contributed by atoms with Gasteiger partial charge in [0.15, 0.2) is 0 Å². The fourth-order valence-electron chi connectivity index (χ4n) is 2.06. The molecule has 0 aliphatic heterocycles. The minimum atomic E-state index is -0.973. The molecule has 2 rings (SSSR count). The lowest BCUT2D eigenvalue weighted by Gasteiger charge is -2.16. The van der Waals surface area contributed by atoms with Crippen molar-refractivity contribution in [2.45, 2.75) is 6.92 Å². The maximum Gasteiger partial charge on any atom is 0.336 e. The molecule has 0 fully saturated rings. The van der Waals surface area contributed by atoms with Crippen LogP contribution in [0.25, 0.3) is 0 Å². The smallest absolute Gasteiger partial charge is 0.336 e. The second-order valence-electron chi connectivity index (χ2n) is 4.66. The number of hydrogen-bond acceptors (Lipinski definition) is 3. The van der Waals surface area contributed by atoms with Gasteiger partial charge in [-0.15, -0.1) is 0 Å². The molecule has 2 aromatic rings. The SMILES string of the molecule is COc1cccc(C(=O)O)c1C(=[SiH2])Nc1ccc(C)cc1. The molecule has 2 N–H and O–H groups in total. The van der Waals surface area contributed by atoms with Gasteiger partial charge in [-0.2, -0.15) is 0 Å². The van der Waals surface area contributed by atoms with Crippen LogP contribution in [0.1, 0.15) is 21.5 Å². The second-order valence-corrected chi connectivity index (χ2v) is 5.36. The van der Waals surface area contributed by atoms with Crippen LogP contribution in [0.5, 0.6) is 5.75 Å². The summed E-state index contributed by atoms with van der Waals surface area (Å²) in [4.78, 5) is 11.4. The average Bonchev–Trinajstić information content (AvgIpc) is 2.48. The maximum absolute atomic E-state index is 11.4. The Morgan fingerprint density at radius 1 is 1.19 bits per heavy atom. The number of benzene rings is 2. The predicted molar refractivity (Wildman–Crippen MR) is 87.4 cm³/mol. The number of anilines is 1. The number of carboxylic acid groups (broad SMARTS) is 1. The topological polar surface area (TPSA) is 58.6 Å². The Morgan fingerprint density at radius 3 is 2.43 bits per heavy atom. The van der Waals surface area contributed by atoms with E-state index >= 15 is 0 Å². The molecule has 0 saturated carbocycles. The van der Waals surface area contributed by atoms with Crippen LogP contribution >= 0.6 is 0 Å². The lowest BCUT2D eigenvalue weighted by molar-refractivity contribution is 0.0696. The largest absolute Gasteiger partial charge is 0.496 e. The zero-order valence-electron chi connectivity index (χ0n) is 12.0. The summed E-state index contributed by atoms with van der Waals surface area (Å²) in [6, 6.07) is 12.9. The number of carbonyl (C=O) groups is 1. The van der Waals surface area contributed by atoms with Crippen LogP contribution in [0, 0.1) is 6.92 Å². The van der Waals surface area contributed by atoms with Gasteiger partial charge in [-0.1, -0.05) is 23.8 Å². The average molecular weight is 299 g/mol. The molecule has 2 aromatic carbocycles. The molecule has 0 heterocycles. The Morgan fingerprint density at radius 2 is 1.86 bits per heavy atom. The molecule has 0 unspecified atom stereocenters. The van der Waals surface area contributed by atoms with E-state index in [1.54, 1.807) is 28.1 Å². The van der Waals surface area contributed by atoms with Crippen LogP contribution in [0.3, 0.4) is 0 Å². The van der Waals surface area contributed by atoms with Crippen LogP contribution in [0.2, 0.25) is 0 Å². The Balaban J connectivity index is 2.38. The molecule has 21 heavy (non-hydrogen) atoms. The van der Waals surface area contributed by atoms with Gasteiger partial charge in [0.2, 0.25) is 0 Å². The Bertz CT molecular complexity index is 680. The molecule has 0 amide bonds. The van der Waals surface area contributed by atoms with Crippen molar-refractivity contribution in [1.82, 2.24) is 0 Å². The number of rotatable bonds is 5. The summed E-state index contributed by atoms with van der Waals surface area (Å²) in [5.41, 5.74) is 2.88. The van der Waals surface area contributed by atoms with Gasteiger partial charge in [0.1, 0.15) is 5.75 Å². The minimum absolute atomic E-state index is 0.221. The highest BCUT2D eigenvalue weighted by Gasteiger charge is 2.17. The van der Waals surface area contributed by atoms with E-state index in [0.29, 0.717) is 11.3 Å². The van der Waals surface area contributed by atoms with Crippen molar-refractivity contribution in [3.05, 3.63) is 59.2 Å². The molecule has 4 nitrogen and oxygen atoms in total. The van der Waals surface area contributed by atoms with E-state index in [2.05, 4.69) is 5.32 Å². The molecule has 0 atom stereocenters. The van der Waals surface area contributed by atoms with E-state index in [-0.39, 0.29) is 5.56 Å². The Hall–Kier alpha value is -2.40. The third kappa shape index (κ3) is 3.38. The summed E-state index contributed by atoms with van der Waals surface area (Å²) in [6.45, 7) is 2.02. The molecule has 0 saturated heterocycles. The standard InChI is InChI=1S/C16H17NO3Si/c1-10-6-8-11(9-7-10)17-15(21)14-12(16(18)19)4-3-5-13(14)20-2/h3-9,17H,21H2,1-2H3,(H,18,19). The number of nitrogens with one attached hydrogen (secondary N) is 1. The first kappa shape index (κ1) is 15.0. The molecule has 5 heteroatoms. The van der Waals surface area contributed by atoms with Gasteiger partial charge >= 0.3 is 5.97 Å². The van der Waals surface area contributed by atoms with E-state index in [1.165, 1.54) is 12.7 Å². The molecular formula is C16H17NO3Si. The zero-order chi connectivity index (χ0) is 15.4. The quantitative estimate of drug-likeness (QED) is 0.828. The number of ether oxygens (including phenoxy) is 1. The van der Waals surface area contributed by atoms with Crippen molar-refractivity contribution in [3.63, 3.8) is 0 Å². The van der Waals surface area contributed by atoms with E-state index < -0.39 is 5.97 Å². The van der Waals surface area contributed by atoms with E-state index in [1.807, 2.05) is 31.2 Å². The summed E-state index contributed by atoms with van der Waals surface area (Å²) in [5.74, 6) is -0.432. The predicted octanol–water partition coefficient (Wildman–Crippen LogP) is 1.93. The van der Waals surface area contributed by atoms with Gasteiger partial charge in [0, 0.05) is 26.4 Å². The maximum atomic E-state index is 11.4. The van der Waals surface area contributed by atoms with Crippen molar-refractivity contribution in [1.29, 1.82) is 0 Å². The van der Waals surface area contributed by atoms with Gasteiger partial charge in [-0.25, -0.2) is 4.79 Å². The monoisotopic (exact) mass is 299 g/mol. The summed E-state index contributed by atoms with van der Waals surface area (Å²) in [5, 5.41) is 13.3. The lowest BCUT2D eigenvalue weighted by Crippen LogP contribution is -2.19. The number of aromatic carboxylic acids is 1. The third-order valence-electron chi connectivity index (χ3n) is 3.13. The molecule has 0 spiro atoms. The Kier molecular flexibility index (Phi) is 4.54. The van der Waals surface area contributed by atoms with Gasteiger partial charge < -0.3 is 15.2 Å². The van der Waals surface area contributed by atoms with E-state index in [0.717, 1.165) is 11.0 Å². The summed E-state index contributed by atoms with van der Waals surface area (Å²) in [7, 11) is 3.14. The molecule has 0 aromatic heterocycles. The number of aryl methyl sites for hydroxylation is 1. The number of carboxylic acids is 1. The lowest BCUT2D eigenvalue weighted by atomic mass is 10.1. The van der Waals surface area contributed by atoms with Crippen LogP contribution in [0.15, 0.2) is 42.5 Å². The molecule has 0 radical (unpaired) electrons. The minimum Gasteiger partial charge on any atom is -0.496 e. The van der Waals surface area contributed by atoms with Crippen molar-refractivity contribution in [2.75, 3.05) is 12.4 Å². The van der Waals surface area contributed by atoms with Gasteiger partial charge in [0.25, 0.3) is 0 Å². The number of hydrogen-bond donors (Lipinski definition) is 2. The summed E-state index contributed by atoms with van der Waals surface area (Å²) < 4.78 is 5.29. The second kappa shape index (κ2) is 6.36. The normalized spacial score (nSPS) is 10.0. The van der Waals surface area contributed by atoms with Crippen LogP contribution < -0.4 is 10.1 Å². The molecule has 108 valence electrons. The molecule has 0 aliphatic carbocycles. The third-order valence-corrected chi connectivity index (χ3v) is 3.66. The summed E-state index contributed by atoms with van der Waals surface area (Å²) >= 11 is 0. The number of methoxy groups -OCH3 is 1. The van der Waals surface area contributed by atoms with Crippen molar-refractivity contribution in [3.8, 4) is 5.75 Å². The van der Waals surface area contributed by atoms with Crippen molar-refractivity contribution < 1.29 is 14.6 Å². The van der Waals surface area contributed by atoms with E-state index in [9.17, 15) is 9.90 Å². The molecule has 0 aliphatic rings. The fraction of sp³-hybridized carbons (Fsp3) is 0.125. The molecular weight excluding hydrogens is 282 g/mol. The Labute approximate surface area is 126 Å². The fourth-order valence-corrected chi connectivity index (χ4v) is 2.63. The summed E-state index contributed by atoms with van der Waals surface area (Å²) in [6.07, 6.45) is 0. The van der Waals surface area contributed by atoms with Gasteiger partial charge in [0.05, 0.1) is 12.7 Å². The van der Waals surface area contributed by atoms with Crippen molar-refractivity contribution >= 4 is 26.8 Å². The van der Waals surface area contributed by atoms with Gasteiger partial charge in [-0.05, 0) is 31.2 Å². The zero-order valence-corrected chi connectivity index (χ0v) is 13.4. The van der Waals surface area contributed by atoms with Crippen LogP contribution in [-0.4, -0.2) is 33.3 Å². The highest BCUT2D eigenvalue weighted by Crippen LogP contribution is 2.23. The highest BCUT2D eigenvalue weighted by atomic mass is 28.1. The van der Waals surface area contributed by atoms with Crippen LogP contribution in [0.4, 0.5) is 5.69 Å². The molecule has 0 bridgehead atoms. The van der Waals surface area contributed by atoms with Crippen LogP contribution in [-0.2, 0) is 0 Å². The van der Waals surface area contributed by atoms with Gasteiger partial charge in [-0.3, -0.25) is 0 Å². The first-order valence-electron chi connectivity index (χ1n) is 6.46. The van der Waals surface area contributed by atoms with Crippen molar-refractivity contribution in [2.24, 2.45) is 0 Å². The first-order chi connectivity index (χ1) is 10.0. The first-order valence-corrected chi connectivity index (χ1v) is 7.17. The highest BCUT2D eigenvalue weighted by molar-refractivity contribution is 6.48. The van der Waals surface area contributed by atoms with E-state index in [4.69, 9.17) is 4.74 Å².